The number of aromatic amines is 2. The molecule has 1 aliphatic carbocycles. The molecule has 1 aromatic carbocycles. The van der Waals surface area contributed by atoms with Crippen LogP contribution in [0.4, 0.5) is 0 Å². The normalized spacial score (nSPS) is 13.1. The van der Waals surface area contributed by atoms with Crippen LogP contribution in [0, 0.1) is 11.3 Å². The minimum Gasteiger partial charge on any atom is -0.349 e. The number of H-pyrrole nitrogens is 2. The van der Waals surface area contributed by atoms with Gasteiger partial charge in [-0.05, 0) is 30.5 Å². The van der Waals surface area contributed by atoms with Crippen molar-refractivity contribution in [2.24, 2.45) is 0 Å². The lowest BCUT2D eigenvalue weighted by Gasteiger charge is -2.10. The average molecular weight is 393 g/mol. The van der Waals surface area contributed by atoms with Crippen LogP contribution < -0.4 is 10.9 Å². The molecule has 0 saturated heterocycles. The van der Waals surface area contributed by atoms with E-state index in [4.69, 9.17) is 0 Å². The molecule has 9 nitrogen and oxygen atoms in total. The summed E-state index contributed by atoms with van der Waals surface area (Å²) in [5.74, 6) is 0.646. The first kappa shape index (κ1) is 17.9. The molecule has 3 aromatic rings. The average Bonchev–Trinajstić information content (AvgIpc) is 3.36. The van der Waals surface area contributed by atoms with E-state index in [0.717, 1.165) is 12.8 Å². The lowest BCUT2D eigenvalue weighted by Crippen LogP contribution is -2.25. The van der Waals surface area contributed by atoms with Gasteiger partial charge < -0.3 is 10.3 Å². The Morgan fingerprint density at radius 3 is 2.93 bits per heavy atom. The molecule has 1 amide bonds. The SMILES string of the molecule is N#Cc1c(-c2cccc(C(=O)NC3CC3)c2)cc(=O)[nH]c1SCc1nn[nH]n1. The highest BCUT2D eigenvalue weighted by Crippen LogP contribution is 2.30. The molecule has 1 aliphatic rings. The van der Waals surface area contributed by atoms with E-state index in [9.17, 15) is 14.9 Å². The summed E-state index contributed by atoms with van der Waals surface area (Å²) in [5, 5.41) is 26.6. The highest BCUT2D eigenvalue weighted by molar-refractivity contribution is 7.98. The van der Waals surface area contributed by atoms with Gasteiger partial charge in [0.2, 0.25) is 5.56 Å². The molecule has 28 heavy (non-hydrogen) atoms. The second-order valence-corrected chi connectivity index (χ2v) is 7.29. The Morgan fingerprint density at radius 2 is 2.21 bits per heavy atom. The van der Waals surface area contributed by atoms with Gasteiger partial charge in [-0.1, -0.05) is 29.1 Å². The van der Waals surface area contributed by atoms with Gasteiger partial charge in [0, 0.05) is 23.2 Å². The van der Waals surface area contributed by atoms with Gasteiger partial charge in [0.25, 0.3) is 5.91 Å². The number of carbonyl (C=O) groups excluding carboxylic acids is 1. The van der Waals surface area contributed by atoms with Crippen LogP contribution in [-0.2, 0) is 5.75 Å². The fourth-order valence-corrected chi connectivity index (χ4v) is 3.56. The third kappa shape index (κ3) is 3.94. The Bertz CT molecular complexity index is 1110. The number of carbonyl (C=O) groups is 1. The number of rotatable bonds is 6. The van der Waals surface area contributed by atoms with E-state index in [1.807, 2.05) is 0 Å². The van der Waals surface area contributed by atoms with Crippen molar-refractivity contribution < 1.29 is 4.79 Å². The van der Waals surface area contributed by atoms with E-state index in [2.05, 4.69) is 37.0 Å². The molecule has 0 bridgehead atoms. The lowest BCUT2D eigenvalue weighted by molar-refractivity contribution is 0.0951. The van der Waals surface area contributed by atoms with E-state index in [-0.39, 0.29) is 17.5 Å². The number of nitrogens with one attached hydrogen (secondary N) is 3. The zero-order valence-corrected chi connectivity index (χ0v) is 15.4. The Kier molecular flexibility index (Phi) is 4.90. The van der Waals surface area contributed by atoms with Crippen LogP contribution in [0.3, 0.4) is 0 Å². The quantitative estimate of drug-likeness (QED) is 0.540. The molecule has 0 spiro atoms. The van der Waals surface area contributed by atoms with Gasteiger partial charge >= 0.3 is 0 Å². The number of tetrazole rings is 1. The van der Waals surface area contributed by atoms with Gasteiger partial charge in [0.05, 0.1) is 16.3 Å². The lowest BCUT2D eigenvalue weighted by atomic mass is 10.00. The van der Waals surface area contributed by atoms with E-state index >= 15 is 0 Å². The molecule has 3 N–H and O–H groups in total. The molecule has 0 radical (unpaired) electrons. The summed E-state index contributed by atoms with van der Waals surface area (Å²) in [6.07, 6.45) is 2.00. The van der Waals surface area contributed by atoms with Crippen molar-refractivity contribution >= 4 is 17.7 Å². The van der Waals surface area contributed by atoms with Gasteiger partial charge in [0.1, 0.15) is 6.07 Å². The summed E-state index contributed by atoms with van der Waals surface area (Å²) < 4.78 is 0. The Labute approximate surface area is 163 Å². The number of hydrogen-bond acceptors (Lipinski definition) is 7. The van der Waals surface area contributed by atoms with Crippen LogP contribution in [0.1, 0.15) is 34.6 Å². The summed E-state index contributed by atoms with van der Waals surface area (Å²) in [5.41, 5.74) is 1.59. The van der Waals surface area contributed by atoms with Crippen molar-refractivity contribution in [3.8, 4) is 17.2 Å². The predicted molar refractivity (Wildman–Crippen MR) is 101 cm³/mol. The predicted octanol–water partition coefficient (Wildman–Crippen LogP) is 1.61. The molecule has 1 fully saturated rings. The van der Waals surface area contributed by atoms with Gasteiger partial charge in [-0.15, -0.1) is 10.2 Å². The second-order valence-electron chi connectivity index (χ2n) is 6.31. The molecular weight excluding hydrogens is 378 g/mol. The fraction of sp³-hybridized carbons (Fsp3) is 0.222. The molecule has 2 aromatic heterocycles. The van der Waals surface area contributed by atoms with Gasteiger partial charge in [0.15, 0.2) is 5.82 Å². The highest BCUT2D eigenvalue weighted by Gasteiger charge is 2.24. The minimum atomic E-state index is -0.336. The van der Waals surface area contributed by atoms with E-state index in [1.165, 1.54) is 17.8 Å². The first-order valence-electron chi connectivity index (χ1n) is 8.58. The maximum Gasteiger partial charge on any atom is 0.251 e. The largest absolute Gasteiger partial charge is 0.349 e. The van der Waals surface area contributed by atoms with E-state index in [1.54, 1.807) is 24.3 Å². The first-order valence-corrected chi connectivity index (χ1v) is 9.56. The van der Waals surface area contributed by atoms with Crippen molar-refractivity contribution in [1.82, 2.24) is 30.9 Å². The summed E-state index contributed by atoms with van der Waals surface area (Å²) in [7, 11) is 0. The zero-order valence-electron chi connectivity index (χ0n) is 14.6. The van der Waals surface area contributed by atoms with Crippen molar-refractivity contribution in [3.05, 3.63) is 57.6 Å². The minimum absolute atomic E-state index is 0.153. The smallest absolute Gasteiger partial charge is 0.251 e. The second kappa shape index (κ2) is 7.66. The summed E-state index contributed by atoms with van der Waals surface area (Å²) in [6, 6.07) is 10.7. The van der Waals surface area contributed by atoms with Crippen LogP contribution in [-0.4, -0.2) is 37.6 Å². The number of nitriles is 1. The number of thioether (sulfide) groups is 1. The molecule has 4 rings (SSSR count). The van der Waals surface area contributed by atoms with E-state index in [0.29, 0.717) is 38.9 Å². The van der Waals surface area contributed by atoms with Crippen molar-refractivity contribution in [1.29, 1.82) is 5.26 Å². The molecule has 1 saturated carbocycles. The van der Waals surface area contributed by atoms with Gasteiger partial charge in [-0.2, -0.15) is 10.5 Å². The van der Waals surface area contributed by atoms with Gasteiger partial charge in [-0.3, -0.25) is 9.59 Å². The summed E-state index contributed by atoms with van der Waals surface area (Å²) in [4.78, 5) is 27.2. The summed E-state index contributed by atoms with van der Waals surface area (Å²) >= 11 is 1.24. The molecule has 0 aliphatic heterocycles. The fourth-order valence-electron chi connectivity index (χ4n) is 2.69. The number of amides is 1. The first-order chi connectivity index (χ1) is 13.6. The topological polar surface area (TPSA) is 140 Å². The van der Waals surface area contributed by atoms with Gasteiger partial charge in [-0.25, -0.2) is 0 Å². The molecule has 0 unspecified atom stereocenters. The van der Waals surface area contributed by atoms with Crippen LogP contribution in [0.25, 0.3) is 11.1 Å². The summed E-state index contributed by atoms with van der Waals surface area (Å²) in [6.45, 7) is 0. The van der Waals surface area contributed by atoms with Crippen molar-refractivity contribution in [3.63, 3.8) is 0 Å². The van der Waals surface area contributed by atoms with Crippen LogP contribution in [0.15, 0.2) is 40.2 Å². The Morgan fingerprint density at radius 1 is 1.36 bits per heavy atom. The monoisotopic (exact) mass is 393 g/mol. The Hall–Kier alpha value is -3.45. The third-order valence-corrected chi connectivity index (χ3v) is 5.20. The third-order valence-electron chi connectivity index (χ3n) is 4.20. The number of nitrogens with zero attached hydrogens (tertiary/aromatic N) is 4. The van der Waals surface area contributed by atoms with Crippen molar-refractivity contribution in [2.75, 3.05) is 0 Å². The number of benzene rings is 1. The molecule has 140 valence electrons. The Balaban J connectivity index is 1.68. The maximum atomic E-state index is 12.3. The van der Waals surface area contributed by atoms with Crippen LogP contribution in [0.2, 0.25) is 0 Å². The molecule has 2 heterocycles. The maximum absolute atomic E-state index is 12.3. The molecular formula is C18H15N7O2S. The number of aromatic nitrogens is 5. The zero-order chi connectivity index (χ0) is 19.5. The molecule has 10 heteroatoms. The highest BCUT2D eigenvalue weighted by atomic mass is 32.2. The van der Waals surface area contributed by atoms with Crippen LogP contribution >= 0.6 is 11.8 Å². The van der Waals surface area contributed by atoms with Crippen LogP contribution in [0.5, 0.6) is 0 Å². The standard InChI is InChI=1S/C18H15N7O2S/c19-8-14-13(7-16(26)21-18(14)28-9-15-22-24-25-23-15)10-2-1-3-11(6-10)17(27)20-12-4-5-12/h1-3,6-7,12H,4-5,9H2,(H,20,27)(H,21,26)(H,22,23,24,25). The van der Waals surface area contributed by atoms with Crippen molar-refractivity contribution in [2.45, 2.75) is 29.7 Å². The molecule has 0 atom stereocenters. The number of pyridine rings is 1. The number of hydrogen-bond donors (Lipinski definition) is 3. The van der Waals surface area contributed by atoms with E-state index < -0.39 is 0 Å².